The third-order valence-electron chi connectivity index (χ3n) is 4.90. The zero-order valence-electron chi connectivity index (χ0n) is 16.6. The maximum absolute atomic E-state index is 11.8. The molecule has 0 aliphatic heterocycles. The van der Waals surface area contributed by atoms with Gasteiger partial charge in [0, 0.05) is 19.6 Å². The molecule has 1 aromatic carbocycles. The normalized spacial score (nSPS) is 18.6. The molecule has 0 saturated heterocycles. The van der Waals surface area contributed by atoms with E-state index in [9.17, 15) is 9.90 Å². The van der Waals surface area contributed by atoms with Gasteiger partial charge in [-0.2, -0.15) is 0 Å². The molecule has 0 bridgehead atoms. The standard InChI is InChI=1S/C24H32O4/c1-2-18-27-19-10-5-3-4-6-11-20-28-24(23(25)26)16-14-22(15-17-24)21-12-8-7-9-13-21/h2,7-9,12-16H,1,3-6,10-11,17-20H2,(H,25,26). The second-order valence-electron chi connectivity index (χ2n) is 7.09. The Bertz CT molecular complexity index is 662. The van der Waals surface area contributed by atoms with E-state index in [0.29, 0.717) is 19.6 Å². The summed E-state index contributed by atoms with van der Waals surface area (Å²) in [6.45, 7) is 5.51. The van der Waals surface area contributed by atoms with Gasteiger partial charge in [-0.25, -0.2) is 4.79 Å². The Morgan fingerprint density at radius 2 is 1.75 bits per heavy atom. The average Bonchev–Trinajstić information content (AvgIpc) is 2.73. The van der Waals surface area contributed by atoms with E-state index in [0.717, 1.165) is 49.8 Å². The lowest BCUT2D eigenvalue weighted by atomic mass is 9.89. The van der Waals surface area contributed by atoms with Crippen molar-refractivity contribution in [1.29, 1.82) is 0 Å². The van der Waals surface area contributed by atoms with E-state index in [4.69, 9.17) is 9.47 Å². The number of benzene rings is 1. The fraction of sp³-hybridized carbons (Fsp3) is 0.458. The number of aliphatic carboxylic acids is 1. The highest BCUT2D eigenvalue weighted by Crippen LogP contribution is 2.30. The van der Waals surface area contributed by atoms with Gasteiger partial charge in [-0.15, -0.1) is 6.58 Å². The molecule has 1 aliphatic carbocycles. The zero-order valence-corrected chi connectivity index (χ0v) is 16.6. The maximum atomic E-state index is 11.8. The van der Waals surface area contributed by atoms with Gasteiger partial charge in [-0.05, 0) is 30.1 Å². The third kappa shape index (κ3) is 7.10. The lowest BCUT2D eigenvalue weighted by molar-refractivity contribution is -0.159. The van der Waals surface area contributed by atoms with Gasteiger partial charge >= 0.3 is 5.97 Å². The first-order valence-corrected chi connectivity index (χ1v) is 10.2. The van der Waals surface area contributed by atoms with Crippen LogP contribution < -0.4 is 0 Å². The number of unbranched alkanes of at least 4 members (excludes halogenated alkanes) is 5. The smallest absolute Gasteiger partial charge is 0.340 e. The molecule has 1 aliphatic rings. The van der Waals surface area contributed by atoms with Crippen LogP contribution in [0.4, 0.5) is 0 Å². The molecule has 0 radical (unpaired) electrons. The van der Waals surface area contributed by atoms with E-state index >= 15 is 0 Å². The molecule has 1 unspecified atom stereocenters. The molecule has 4 heteroatoms. The van der Waals surface area contributed by atoms with Crippen LogP contribution in [0.2, 0.25) is 0 Å². The van der Waals surface area contributed by atoms with Crippen LogP contribution >= 0.6 is 0 Å². The average molecular weight is 385 g/mol. The van der Waals surface area contributed by atoms with Gasteiger partial charge in [-0.3, -0.25) is 0 Å². The summed E-state index contributed by atoms with van der Waals surface area (Å²) in [5.41, 5.74) is 0.895. The van der Waals surface area contributed by atoms with Crippen LogP contribution in [0.1, 0.15) is 50.5 Å². The molecule has 0 heterocycles. The lowest BCUT2D eigenvalue weighted by Crippen LogP contribution is -2.40. The second-order valence-corrected chi connectivity index (χ2v) is 7.09. The topological polar surface area (TPSA) is 55.8 Å². The first-order chi connectivity index (χ1) is 13.7. The molecule has 0 aromatic heterocycles. The summed E-state index contributed by atoms with van der Waals surface area (Å²) < 4.78 is 11.2. The summed E-state index contributed by atoms with van der Waals surface area (Å²) in [5, 5.41) is 9.68. The van der Waals surface area contributed by atoms with Gasteiger partial charge in [0.15, 0.2) is 5.60 Å². The predicted octanol–water partition coefficient (Wildman–Crippen LogP) is 5.41. The number of rotatable bonds is 14. The van der Waals surface area contributed by atoms with Crippen molar-refractivity contribution in [3.8, 4) is 0 Å². The van der Waals surface area contributed by atoms with Crippen LogP contribution in [-0.4, -0.2) is 36.5 Å². The summed E-state index contributed by atoms with van der Waals surface area (Å²) in [6.07, 6.45) is 14.1. The second kappa shape index (κ2) is 12.3. The molecule has 152 valence electrons. The summed E-state index contributed by atoms with van der Waals surface area (Å²) in [5.74, 6) is -0.924. The number of carbonyl (C=O) groups is 1. The molecular formula is C24H32O4. The van der Waals surface area contributed by atoms with Gasteiger partial charge in [0.2, 0.25) is 0 Å². The van der Waals surface area contributed by atoms with Gasteiger partial charge in [0.25, 0.3) is 0 Å². The van der Waals surface area contributed by atoms with Crippen LogP contribution in [0, 0.1) is 0 Å². The van der Waals surface area contributed by atoms with Crippen molar-refractivity contribution < 1.29 is 19.4 Å². The summed E-state index contributed by atoms with van der Waals surface area (Å²) >= 11 is 0. The van der Waals surface area contributed by atoms with E-state index in [1.807, 2.05) is 42.5 Å². The number of hydrogen-bond acceptors (Lipinski definition) is 3. The fourth-order valence-corrected chi connectivity index (χ4v) is 3.23. The Balaban J connectivity index is 1.66. The minimum Gasteiger partial charge on any atom is -0.479 e. The first kappa shape index (κ1) is 22.1. The molecule has 0 fully saturated rings. The lowest BCUT2D eigenvalue weighted by Gasteiger charge is -2.28. The molecule has 2 rings (SSSR count). The molecule has 0 spiro atoms. The highest BCUT2D eigenvalue weighted by Gasteiger charge is 2.37. The Labute approximate surface area is 168 Å². The van der Waals surface area contributed by atoms with Crippen LogP contribution in [-0.2, 0) is 14.3 Å². The van der Waals surface area contributed by atoms with Crippen LogP contribution in [0.25, 0.3) is 5.57 Å². The monoisotopic (exact) mass is 384 g/mol. The van der Waals surface area contributed by atoms with Crippen LogP contribution in [0.15, 0.2) is 61.2 Å². The van der Waals surface area contributed by atoms with E-state index in [1.165, 1.54) is 6.42 Å². The molecule has 1 N–H and O–H groups in total. The number of allylic oxidation sites excluding steroid dienone is 2. The van der Waals surface area contributed by atoms with E-state index in [1.54, 1.807) is 12.2 Å². The van der Waals surface area contributed by atoms with Gasteiger partial charge in [0.1, 0.15) is 0 Å². The van der Waals surface area contributed by atoms with Crippen molar-refractivity contribution in [3.63, 3.8) is 0 Å². The first-order valence-electron chi connectivity index (χ1n) is 10.2. The van der Waals surface area contributed by atoms with E-state index in [-0.39, 0.29) is 0 Å². The van der Waals surface area contributed by atoms with Crippen LogP contribution in [0.5, 0.6) is 0 Å². The quantitative estimate of drug-likeness (QED) is 0.344. The number of ether oxygens (including phenoxy) is 2. The Morgan fingerprint density at radius 3 is 2.36 bits per heavy atom. The fourth-order valence-electron chi connectivity index (χ4n) is 3.23. The molecule has 28 heavy (non-hydrogen) atoms. The molecule has 4 nitrogen and oxygen atoms in total. The maximum Gasteiger partial charge on any atom is 0.340 e. The summed E-state index contributed by atoms with van der Waals surface area (Å²) in [6, 6.07) is 9.98. The van der Waals surface area contributed by atoms with Crippen LogP contribution in [0.3, 0.4) is 0 Å². The van der Waals surface area contributed by atoms with E-state index < -0.39 is 11.6 Å². The molecule has 0 amide bonds. The van der Waals surface area contributed by atoms with Crippen molar-refractivity contribution in [1.82, 2.24) is 0 Å². The van der Waals surface area contributed by atoms with Crippen molar-refractivity contribution >= 4 is 11.5 Å². The predicted molar refractivity (Wildman–Crippen MR) is 113 cm³/mol. The highest BCUT2D eigenvalue weighted by atomic mass is 16.5. The van der Waals surface area contributed by atoms with E-state index in [2.05, 4.69) is 6.58 Å². The van der Waals surface area contributed by atoms with Crippen molar-refractivity contribution in [2.24, 2.45) is 0 Å². The number of hydrogen-bond donors (Lipinski definition) is 1. The highest BCUT2D eigenvalue weighted by molar-refractivity contribution is 5.85. The van der Waals surface area contributed by atoms with Crippen molar-refractivity contribution in [2.75, 3.05) is 19.8 Å². The SMILES string of the molecule is C=CCOCCCCCCCCOC1(C(=O)O)C=CC(c2ccccc2)=CC1. The minimum atomic E-state index is -1.24. The molecular weight excluding hydrogens is 352 g/mol. The molecule has 1 atom stereocenters. The van der Waals surface area contributed by atoms with Gasteiger partial charge in [-0.1, -0.05) is 74.2 Å². The Morgan fingerprint density at radius 1 is 1.07 bits per heavy atom. The molecule has 1 aromatic rings. The summed E-state index contributed by atoms with van der Waals surface area (Å²) in [7, 11) is 0. The number of carboxylic acids is 1. The third-order valence-corrected chi connectivity index (χ3v) is 4.90. The summed E-state index contributed by atoms with van der Waals surface area (Å²) in [4.78, 5) is 11.8. The molecule has 0 saturated carbocycles. The van der Waals surface area contributed by atoms with Crippen molar-refractivity contribution in [3.05, 3.63) is 66.8 Å². The van der Waals surface area contributed by atoms with Crippen molar-refractivity contribution in [2.45, 2.75) is 50.5 Å². The largest absolute Gasteiger partial charge is 0.479 e. The Hall–Kier alpha value is -2.17. The minimum absolute atomic E-state index is 0.355. The van der Waals surface area contributed by atoms with Gasteiger partial charge < -0.3 is 14.6 Å². The number of carboxylic acid groups (broad SMARTS) is 1. The van der Waals surface area contributed by atoms with Gasteiger partial charge in [0.05, 0.1) is 6.61 Å². The zero-order chi connectivity index (χ0) is 20.1. The Kier molecular flexibility index (Phi) is 9.73.